The van der Waals surface area contributed by atoms with Crippen LogP contribution < -0.4 is 0 Å². The number of hydrogen-bond acceptors (Lipinski definition) is 6. The lowest BCUT2D eigenvalue weighted by Gasteiger charge is -2.18. The Labute approximate surface area is 498 Å². The second kappa shape index (κ2) is 68.6. The van der Waals surface area contributed by atoms with Gasteiger partial charge in [-0.15, -0.1) is 0 Å². The largest absolute Gasteiger partial charge is 0.462 e. The molecule has 0 aliphatic carbocycles. The zero-order valence-electron chi connectivity index (χ0n) is 53.6. The number of rotatable bonds is 65. The molecule has 0 heterocycles. The van der Waals surface area contributed by atoms with Crippen LogP contribution in [0, 0.1) is 0 Å². The summed E-state index contributed by atoms with van der Waals surface area (Å²) >= 11 is 0. The lowest BCUT2D eigenvalue weighted by Crippen LogP contribution is -2.30. The number of esters is 3. The Morgan fingerprint density at radius 3 is 0.775 bits per heavy atom. The SMILES string of the molecule is CC/C=C\C/C=C\C/C=C\C/C=C\CCCCCCCCCCCCCCCCCCC(=O)OCC(COC(=O)CCCCCCCCCCCCCCCCC)OC(=O)CCCCCCCCC/C=C\CCCCCCCCC. The standard InChI is InChI=1S/C74H134O6/c1-4-7-10-13-16-19-22-25-28-30-32-33-34-35-36-37-38-39-40-41-42-44-46-49-52-55-58-61-64-67-73(76)79-70-71(69-78-72(75)66-63-60-57-54-51-48-45-27-24-21-18-15-12-9-6-3)80-74(77)68-65-62-59-56-53-50-47-43-31-29-26-23-20-17-14-11-8-5-2/h7,10,16,19,25,28-29,31-33,71H,4-6,8-9,11-15,17-18,20-24,26-27,30,34-70H2,1-3H3/b10-7-,19-16-,28-25-,31-29-,33-32-. The quantitative estimate of drug-likeness (QED) is 0.0261. The van der Waals surface area contributed by atoms with Crippen molar-refractivity contribution in [1.29, 1.82) is 0 Å². The highest BCUT2D eigenvalue weighted by atomic mass is 16.6. The number of carbonyl (C=O) groups is 3. The number of carbonyl (C=O) groups excluding carboxylic acids is 3. The van der Waals surface area contributed by atoms with Crippen molar-refractivity contribution in [3.63, 3.8) is 0 Å². The third-order valence-corrected chi connectivity index (χ3v) is 15.8. The summed E-state index contributed by atoms with van der Waals surface area (Å²) in [6.07, 6.45) is 88.2. The highest BCUT2D eigenvalue weighted by Crippen LogP contribution is 2.18. The molecule has 0 radical (unpaired) electrons. The van der Waals surface area contributed by atoms with Gasteiger partial charge in [0.15, 0.2) is 6.10 Å². The van der Waals surface area contributed by atoms with Crippen LogP contribution in [0.15, 0.2) is 60.8 Å². The van der Waals surface area contributed by atoms with Crippen molar-refractivity contribution in [1.82, 2.24) is 0 Å². The van der Waals surface area contributed by atoms with Gasteiger partial charge < -0.3 is 14.2 Å². The number of unbranched alkanes of at least 4 members (excludes halogenated alkanes) is 44. The number of allylic oxidation sites excluding steroid dienone is 10. The molecule has 0 saturated carbocycles. The molecular formula is C74H134O6. The number of hydrogen-bond donors (Lipinski definition) is 0. The van der Waals surface area contributed by atoms with Crippen LogP contribution >= 0.6 is 0 Å². The summed E-state index contributed by atoms with van der Waals surface area (Å²) in [4.78, 5) is 38.4. The Balaban J connectivity index is 4.23. The molecule has 0 saturated heterocycles. The van der Waals surface area contributed by atoms with Gasteiger partial charge in [0, 0.05) is 19.3 Å². The van der Waals surface area contributed by atoms with Gasteiger partial charge >= 0.3 is 17.9 Å². The van der Waals surface area contributed by atoms with Crippen molar-refractivity contribution < 1.29 is 28.6 Å². The van der Waals surface area contributed by atoms with Crippen LogP contribution in [0.1, 0.15) is 374 Å². The molecule has 0 amide bonds. The van der Waals surface area contributed by atoms with E-state index in [-0.39, 0.29) is 31.1 Å². The molecule has 0 aliphatic heterocycles. The van der Waals surface area contributed by atoms with E-state index < -0.39 is 6.10 Å². The molecule has 0 rings (SSSR count). The first kappa shape index (κ1) is 77.1. The summed E-state index contributed by atoms with van der Waals surface area (Å²) in [6.45, 7) is 6.59. The van der Waals surface area contributed by atoms with E-state index in [1.165, 1.54) is 250 Å². The highest BCUT2D eigenvalue weighted by Gasteiger charge is 2.19. The maximum atomic E-state index is 12.9. The van der Waals surface area contributed by atoms with Crippen molar-refractivity contribution in [2.75, 3.05) is 13.2 Å². The smallest absolute Gasteiger partial charge is 0.306 e. The van der Waals surface area contributed by atoms with Crippen molar-refractivity contribution >= 4 is 17.9 Å². The average Bonchev–Trinajstić information content (AvgIpc) is 3.46. The van der Waals surface area contributed by atoms with Gasteiger partial charge in [0.25, 0.3) is 0 Å². The molecule has 0 N–H and O–H groups in total. The molecule has 1 unspecified atom stereocenters. The second-order valence-electron chi connectivity index (χ2n) is 23.8. The van der Waals surface area contributed by atoms with Crippen LogP contribution in [0.3, 0.4) is 0 Å². The average molecular weight is 1120 g/mol. The maximum absolute atomic E-state index is 12.9. The third kappa shape index (κ3) is 65.9. The van der Waals surface area contributed by atoms with E-state index in [2.05, 4.69) is 81.5 Å². The van der Waals surface area contributed by atoms with E-state index in [1.54, 1.807) is 0 Å². The lowest BCUT2D eigenvalue weighted by molar-refractivity contribution is -0.167. The maximum Gasteiger partial charge on any atom is 0.306 e. The zero-order valence-corrected chi connectivity index (χ0v) is 53.6. The van der Waals surface area contributed by atoms with Gasteiger partial charge in [-0.25, -0.2) is 0 Å². The molecule has 0 fully saturated rings. The Morgan fingerprint density at radius 2 is 0.487 bits per heavy atom. The van der Waals surface area contributed by atoms with Crippen LogP contribution in [0.2, 0.25) is 0 Å². The van der Waals surface area contributed by atoms with E-state index in [0.29, 0.717) is 19.3 Å². The van der Waals surface area contributed by atoms with Gasteiger partial charge in [-0.3, -0.25) is 14.4 Å². The molecule has 0 spiro atoms. The fourth-order valence-corrected chi connectivity index (χ4v) is 10.5. The first-order chi connectivity index (χ1) is 39.5. The summed E-state index contributed by atoms with van der Waals surface area (Å²) in [5.74, 6) is -0.848. The predicted molar refractivity (Wildman–Crippen MR) is 348 cm³/mol. The molecule has 6 heteroatoms. The summed E-state index contributed by atoms with van der Waals surface area (Å²) in [5.41, 5.74) is 0. The predicted octanol–water partition coefficient (Wildman–Crippen LogP) is 24.3. The van der Waals surface area contributed by atoms with Gasteiger partial charge in [-0.05, 0) is 83.5 Å². The Hall–Kier alpha value is -2.89. The normalized spacial score (nSPS) is 12.4. The van der Waals surface area contributed by atoms with Gasteiger partial charge in [0.1, 0.15) is 13.2 Å². The first-order valence-electron chi connectivity index (χ1n) is 35.3. The van der Waals surface area contributed by atoms with Crippen LogP contribution in [-0.2, 0) is 28.6 Å². The van der Waals surface area contributed by atoms with Crippen molar-refractivity contribution in [2.45, 2.75) is 380 Å². The summed E-state index contributed by atoms with van der Waals surface area (Å²) < 4.78 is 17.0. The summed E-state index contributed by atoms with van der Waals surface area (Å²) in [6, 6.07) is 0. The molecule has 0 aromatic carbocycles. The molecule has 0 bridgehead atoms. The molecule has 1 atom stereocenters. The molecule has 0 aromatic heterocycles. The van der Waals surface area contributed by atoms with Crippen LogP contribution in [0.4, 0.5) is 0 Å². The summed E-state index contributed by atoms with van der Waals surface area (Å²) in [7, 11) is 0. The van der Waals surface area contributed by atoms with E-state index in [0.717, 1.165) is 83.5 Å². The van der Waals surface area contributed by atoms with Gasteiger partial charge in [0.2, 0.25) is 0 Å². The Morgan fingerprint density at radius 1 is 0.263 bits per heavy atom. The van der Waals surface area contributed by atoms with Crippen molar-refractivity contribution in [2.24, 2.45) is 0 Å². The lowest BCUT2D eigenvalue weighted by atomic mass is 10.0. The van der Waals surface area contributed by atoms with E-state index >= 15 is 0 Å². The fourth-order valence-electron chi connectivity index (χ4n) is 10.5. The van der Waals surface area contributed by atoms with Crippen molar-refractivity contribution in [3.05, 3.63) is 60.8 Å². The number of ether oxygens (including phenoxy) is 3. The minimum absolute atomic E-state index is 0.0699. The Bertz CT molecular complexity index is 1430. The van der Waals surface area contributed by atoms with E-state index in [9.17, 15) is 14.4 Å². The molecular weight excluding hydrogens is 985 g/mol. The topological polar surface area (TPSA) is 78.9 Å². The van der Waals surface area contributed by atoms with Crippen LogP contribution in [-0.4, -0.2) is 37.2 Å². The van der Waals surface area contributed by atoms with Gasteiger partial charge in [-0.1, -0.05) is 332 Å². The third-order valence-electron chi connectivity index (χ3n) is 15.8. The van der Waals surface area contributed by atoms with E-state index in [1.807, 2.05) is 0 Å². The fraction of sp³-hybridized carbons (Fsp3) is 0.824. The second-order valence-corrected chi connectivity index (χ2v) is 23.8. The molecule has 80 heavy (non-hydrogen) atoms. The zero-order chi connectivity index (χ0) is 57.8. The monoisotopic (exact) mass is 1120 g/mol. The van der Waals surface area contributed by atoms with Gasteiger partial charge in [-0.2, -0.15) is 0 Å². The molecule has 0 aliphatic rings. The van der Waals surface area contributed by atoms with Crippen LogP contribution in [0.5, 0.6) is 0 Å². The summed E-state index contributed by atoms with van der Waals surface area (Å²) in [5, 5.41) is 0. The minimum atomic E-state index is -0.774. The van der Waals surface area contributed by atoms with Crippen molar-refractivity contribution in [3.8, 4) is 0 Å². The van der Waals surface area contributed by atoms with E-state index in [4.69, 9.17) is 14.2 Å². The van der Waals surface area contributed by atoms with Gasteiger partial charge in [0.05, 0.1) is 0 Å². The molecule has 466 valence electrons. The molecule has 0 aromatic rings. The highest BCUT2D eigenvalue weighted by molar-refractivity contribution is 5.71. The Kier molecular flexibility index (Phi) is 66.1. The van der Waals surface area contributed by atoms with Crippen LogP contribution in [0.25, 0.3) is 0 Å². The first-order valence-corrected chi connectivity index (χ1v) is 35.3. The molecule has 6 nitrogen and oxygen atoms in total. The minimum Gasteiger partial charge on any atom is -0.462 e.